The van der Waals surface area contributed by atoms with Gasteiger partial charge in [-0.1, -0.05) is 0 Å². The highest BCUT2D eigenvalue weighted by Gasteiger charge is 2.10. The van der Waals surface area contributed by atoms with Crippen molar-refractivity contribution in [3.63, 3.8) is 0 Å². The van der Waals surface area contributed by atoms with Crippen molar-refractivity contribution in [1.82, 2.24) is 10.6 Å². The fourth-order valence-electron chi connectivity index (χ4n) is 0.480. The maximum atomic E-state index is 10.8. The van der Waals surface area contributed by atoms with Crippen LogP contribution in [0.15, 0.2) is 0 Å². The van der Waals surface area contributed by atoms with Gasteiger partial charge in [-0.05, 0) is 6.92 Å². The molecule has 0 aliphatic heterocycles. The molecule has 0 bridgehead atoms. The van der Waals surface area contributed by atoms with E-state index < -0.39 is 18.0 Å². The highest BCUT2D eigenvalue weighted by Crippen LogP contribution is 1.78. The standard InChI is InChI=1S/C6H12ClN3O2/c1-4(5(8)11)10-6(12)9-3-2-7/h4H,2-3H2,1H3,(H2,8,11)(H2,9,10,12). The summed E-state index contributed by atoms with van der Waals surface area (Å²) in [6.07, 6.45) is 0. The molecule has 5 nitrogen and oxygen atoms in total. The zero-order valence-corrected chi connectivity index (χ0v) is 7.52. The summed E-state index contributed by atoms with van der Waals surface area (Å²) in [5, 5.41) is 4.76. The van der Waals surface area contributed by atoms with Crippen LogP contribution in [0.2, 0.25) is 0 Å². The Labute approximate surface area is 75.6 Å². The molecular weight excluding hydrogens is 182 g/mol. The quantitative estimate of drug-likeness (QED) is 0.521. The number of nitrogens with two attached hydrogens (primary N) is 1. The maximum Gasteiger partial charge on any atom is 0.315 e. The van der Waals surface area contributed by atoms with Crippen LogP contribution in [0.1, 0.15) is 6.92 Å². The van der Waals surface area contributed by atoms with Crippen molar-refractivity contribution in [2.24, 2.45) is 5.73 Å². The fourth-order valence-corrected chi connectivity index (χ4v) is 0.574. The number of nitrogens with one attached hydrogen (secondary N) is 2. The van der Waals surface area contributed by atoms with Gasteiger partial charge in [0.15, 0.2) is 0 Å². The average Bonchev–Trinajstić information content (AvgIpc) is 2.00. The van der Waals surface area contributed by atoms with Gasteiger partial charge in [0.1, 0.15) is 6.04 Å². The van der Waals surface area contributed by atoms with Crippen LogP contribution in [0.25, 0.3) is 0 Å². The first-order valence-corrected chi connectivity index (χ1v) is 4.01. The molecule has 0 aromatic rings. The van der Waals surface area contributed by atoms with Gasteiger partial charge >= 0.3 is 6.03 Å². The van der Waals surface area contributed by atoms with Crippen molar-refractivity contribution < 1.29 is 9.59 Å². The second-order valence-corrected chi connectivity index (χ2v) is 2.59. The Morgan fingerprint density at radius 2 is 2.17 bits per heavy atom. The van der Waals surface area contributed by atoms with Gasteiger partial charge in [0.25, 0.3) is 0 Å². The monoisotopic (exact) mass is 193 g/mol. The van der Waals surface area contributed by atoms with E-state index >= 15 is 0 Å². The van der Waals surface area contributed by atoms with Crippen molar-refractivity contribution >= 4 is 23.5 Å². The van der Waals surface area contributed by atoms with E-state index in [2.05, 4.69) is 10.6 Å². The first-order chi connectivity index (χ1) is 5.57. The molecule has 0 aliphatic carbocycles. The van der Waals surface area contributed by atoms with Crippen LogP contribution >= 0.6 is 11.6 Å². The SMILES string of the molecule is CC(NC(=O)NCCCl)C(N)=O. The lowest BCUT2D eigenvalue weighted by atomic mass is 10.3. The Morgan fingerprint density at radius 1 is 1.58 bits per heavy atom. The molecule has 6 heteroatoms. The number of carbonyl (C=O) groups excluding carboxylic acids is 2. The van der Waals surface area contributed by atoms with Gasteiger partial charge in [-0.3, -0.25) is 4.79 Å². The van der Waals surface area contributed by atoms with Crippen LogP contribution in [-0.4, -0.2) is 30.4 Å². The molecule has 1 unspecified atom stereocenters. The molecule has 0 aliphatic rings. The first kappa shape index (κ1) is 11.0. The van der Waals surface area contributed by atoms with E-state index in [4.69, 9.17) is 17.3 Å². The first-order valence-electron chi connectivity index (χ1n) is 3.47. The Morgan fingerprint density at radius 3 is 2.58 bits per heavy atom. The van der Waals surface area contributed by atoms with E-state index in [0.717, 1.165) is 0 Å². The van der Waals surface area contributed by atoms with Crippen LogP contribution in [0, 0.1) is 0 Å². The number of primary amides is 1. The molecule has 0 saturated heterocycles. The predicted molar refractivity (Wildman–Crippen MR) is 45.9 cm³/mol. The van der Waals surface area contributed by atoms with Gasteiger partial charge in [-0.25, -0.2) is 4.79 Å². The summed E-state index contributed by atoms with van der Waals surface area (Å²) in [7, 11) is 0. The van der Waals surface area contributed by atoms with Gasteiger partial charge < -0.3 is 16.4 Å². The summed E-state index contributed by atoms with van der Waals surface area (Å²) < 4.78 is 0. The molecule has 1 atom stereocenters. The van der Waals surface area contributed by atoms with E-state index in [-0.39, 0.29) is 0 Å². The van der Waals surface area contributed by atoms with Crippen molar-refractivity contribution in [2.45, 2.75) is 13.0 Å². The Kier molecular flexibility index (Phi) is 5.19. The van der Waals surface area contributed by atoms with E-state index in [1.165, 1.54) is 6.92 Å². The normalized spacial score (nSPS) is 11.8. The number of alkyl halides is 1. The molecule has 0 radical (unpaired) electrons. The Hall–Kier alpha value is -0.970. The number of urea groups is 1. The third-order valence-electron chi connectivity index (χ3n) is 1.15. The highest BCUT2D eigenvalue weighted by molar-refractivity contribution is 6.18. The molecule has 4 N–H and O–H groups in total. The molecule has 3 amide bonds. The zero-order chi connectivity index (χ0) is 9.56. The molecule has 0 rings (SSSR count). The zero-order valence-electron chi connectivity index (χ0n) is 6.76. The average molecular weight is 194 g/mol. The van der Waals surface area contributed by atoms with E-state index in [1.54, 1.807) is 0 Å². The molecular formula is C6H12ClN3O2. The van der Waals surface area contributed by atoms with E-state index in [1.807, 2.05) is 0 Å². The van der Waals surface area contributed by atoms with Crippen LogP contribution < -0.4 is 16.4 Å². The van der Waals surface area contributed by atoms with Gasteiger partial charge in [0, 0.05) is 12.4 Å². The predicted octanol–water partition coefficient (Wildman–Crippen LogP) is -0.602. The van der Waals surface area contributed by atoms with Crippen molar-refractivity contribution in [2.75, 3.05) is 12.4 Å². The molecule has 0 fully saturated rings. The van der Waals surface area contributed by atoms with Gasteiger partial charge in [0.05, 0.1) is 0 Å². The molecule has 12 heavy (non-hydrogen) atoms. The summed E-state index contributed by atoms with van der Waals surface area (Å²) in [6, 6.07) is -1.11. The Bertz CT molecular complexity index is 174. The lowest BCUT2D eigenvalue weighted by Crippen LogP contribution is -2.47. The molecule has 0 heterocycles. The number of carbonyl (C=O) groups is 2. The van der Waals surface area contributed by atoms with Crippen molar-refractivity contribution in [1.29, 1.82) is 0 Å². The molecule has 0 spiro atoms. The highest BCUT2D eigenvalue weighted by atomic mass is 35.5. The minimum atomic E-state index is -0.666. The topological polar surface area (TPSA) is 84.2 Å². The summed E-state index contributed by atoms with van der Waals surface area (Å²) in [6.45, 7) is 1.86. The molecule has 70 valence electrons. The second-order valence-electron chi connectivity index (χ2n) is 2.21. The maximum absolute atomic E-state index is 10.8. The largest absolute Gasteiger partial charge is 0.368 e. The second kappa shape index (κ2) is 5.65. The van der Waals surface area contributed by atoms with Crippen molar-refractivity contribution in [3.8, 4) is 0 Å². The van der Waals surface area contributed by atoms with Crippen LogP contribution in [0.5, 0.6) is 0 Å². The van der Waals surface area contributed by atoms with Gasteiger partial charge in [-0.15, -0.1) is 11.6 Å². The van der Waals surface area contributed by atoms with E-state index in [0.29, 0.717) is 12.4 Å². The minimum Gasteiger partial charge on any atom is -0.368 e. The fraction of sp³-hybridized carbons (Fsp3) is 0.667. The van der Waals surface area contributed by atoms with Gasteiger partial charge in [0.2, 0.25) is 5.91 Å². The summed E-state index contributed by atoms with van der Waals surface area (Å²) in [5.74, 6) is -0.241. The molecule has 0 aromatic heterocycles. The number of amides is 3. The summed E-state index contributed by atoms with van der Waals surface area (Å²) in [5.41, 5.74) is 4.91. The lowest BCUT2D eigenvalue weighted by molar-refractivity contribution is -0.119. The third-order valence-corrected chi connectivity index (χ3v) is 1.34. The number of hydrogen-bond donors (Lipinski definition) is 3. The number of hydrogen-bond acceptors (Lipinski definition) is 2. The number of halogens is 1. The molecule has 0 aromatic carbocycles. The minimum absolute atomic E-state index is 0.332. The summed E-state index contributed by atoms with van der Waals surface area (Å²) in [4.78, 5) is 21.3. The van der Waals surface area contributed by atoms with Crippen LogP contribution in [0.3, 0.4) is 0 Å². The summed E-state index contributed by atoms with van der Waals surface area (Å²) >= 11 is 5.31. The number of rotatable bonds is 4. The smallest absolute Gasteiger partial charge is 0.315 e. The molecule has 0 saturated carbocycles. The third kappa shape index (κ3) is 4.79. The Balaban J connectivity index is 3.61. The van der Waals surface area contributed by atoms with Gasteiger partial charge in [-0.2, -0.15) is 0 Å². The van der Waals surface area contributed by atoms with E-state index in [9.17, 15) is 9.59 Å². The van der Waals surface area contributed by atoms with Crippen LogP contribution in [0.4, 0.5) is 4.79 Å². The lowest BCUT2D eigenvalue weighted by Gasteiger charge is -2.10. The van der Waals surface area contributed by atoms with Crippen LogP contribution in [-0.2, 0) is 4.79 Å². The van der Waals surface area contributed by atoms with Crippen molar-refractivity contribution in [3.05, 3.63) is 0 Å².